The van der Waals surface area contributed by atoms with Gasteiger partial charge in [0.05, 0.1) is 17.2 Å². The van der Waals surface area contributed by atoms with Crippen LogP contribution in [-0.4, -0.2) is 40.3 Å². The number of nitrogens with one attached hydrogen (secondary N) is 2. The first kappa shape index (κ1) is 21.4. The Bertz CT molecular complexity index is 1370. The molecular weight excluding hydrogens is 412 g/mol. The smallest absolute Gasteiger partial charge is 0.278 e. The lowest BCUT2D eigenvalue weighted by molar-refractivity contribution is -0.388. The maximum Gasteiger partial charge on any atom is 0.278 e. The molecule has 0 bridgehead atoms. The van der Waals surface area contributed by atoms with Crippen molar-refractivity contribution in [2.75, 3.05) is 31.1 Å². The number of rotatable bonds is 5. The third kappa shape index (κ3) is 4.28. The second-order valence-electron chi connectivity index (χ2n) is 8.94. The number of nitrogens with zero attached hydrogens (tertiary/aromatic N) is 4. The molecule has 0 radical (unpaired) electrons. The average Bonchev–Trinajstić information content (AvgIpc) is 2.99. The zero-order valence-corrected chi connectivity index (χ0v) is 19.3. The van der Waals surface area contributed by atoms with Gasteiger partial charge in [0.2, 0.25) is 5.69 Å². The van der Waals surface area contributed by atoms with Crippen LogP contribution in [0.2, 0.25) is 0 Å². The Morgan fingerprint density at radius 3 is 2.94 bits per heavy atom. The Morgan fingerprint density at radius 1 is 1.18 bits per heavy atom. The number of aromatic amines is 1. The van der Waals surface area contributed by atoms with E-state index in [1.807, 2.05) is 18.3 Å². The van der Waals surface area contributed by atoms with E-state index in [2.05, 4.69) is 64.0 Å². The summed E-state index contributed by atoms with van der Waals surface area (Å²) in [6.07, 6.45) is 6.87. The predicted octanol–water partition coefficient (Wildman–Crippen LogP) is 2.98. The van der Waals surface area contributed by atoms with Crippen molar-refractivity contribution in [1.82, 2.24) is 19.4 Å². The van der Waals surface area contributed by atoms with Crippen molar-refractivity contribution < 1.29 is 4.98 Å². The molecule has 0 saturated carbocycles. The zero-order chi connectivity index (χ0) is 22.8. The van der Waals surface area contributed by atoms with E-state index in [-0.39, 0.29) is 5.56 Å². The summed E-state index contributed by atoms with van der Waals surface area (Å²) in [5.74, 6) is 1.07. The van der Waals surface area contributed by atoms with Gasteiger partial charge in [-0.25, -0.2) is 9.97 Å². The Balaban J connectivity index is 1.62. The molecule has 7 nitrogen and oxygen atoms in total. The molecule has 0 spiro atoms. The van der Waals surface area contributed by atoms with Gasteiger partial charge in [0.1, 0.15) is 17.9 Å². The lowest BCUT2D eigenvalue weighted by Gasteiger charge is -2.23. The van der Waals surface area contributed by atoms with E-state index >= 15 is 0 Å². The molecule has 2 N–H and O–H groups in total. The highest BCUT2D eigenvalue weighted by Gasteiger charge is 2.20. The minimum atomic E-state index is -0.0114. The average molecular weight is 444 g/mol. The number of aromatic nitrogens is 4. The molecule has 170 valence electrons. The molecule has 0 atom stereocenters. The molecular formula is C26H31N6O+. The van der Waals surface area contributed by atoms with Gasteiger partial charge in [0, 0.05) is 38.3 Å². The highest BCUT2D eigenvalue weighted by atomic mass is 16.1. The van der Waals surface area contributed by atoms with Crippen molar-refractivity contribution in [3.63, 3.8) is 0 Å². The van der Waals surface area contributed by atoms with E-state index < -0.39 is 0 Å². The standard InChI is InChI=1S/C26H30N6O/c1-19(2)9-14-32-24(30-13-5-10-27-12-15-30)16-22-25(32)26(33)31(18-29-22)17-23-21-7-4-3-6-20(21)8-11-28-23/h3-4,6-9,11,16,18,27H,5,10,12-15,17H2,1-2H3/p+1. The first-order chi connectivity index (χ1) is 16.1. The Hall–Kier alpha value is -3.45. The summed E-state index contributed by atoms with van der Waals surface area (Å²) >= 11 is 0. The number of pyridine rings is 1. The summed E-state index contributed by atoms with van der Waals surface area (Å²) in [5, 5.41) is 5.73. The maximum atomic E-state index is 13.7. The SMILES string of the molecule is CC(C)=CCn1c(N2CCCNCC2)cc2ncn(Cc3[nH+]ccc4ccccc34)c(=O)c21. The summed E-state index contributed by atoms with van der Waals surface area (Å²) < 4.78 is 3.86. The normalized spacial score (nSPS) is 14.5. The molecule has 1 fully saturated rings. The van der Waals surface area contributed by atoms with Crippen LogP contribution in [0, 0.1) is 0 Å². The predicted molar refractivity (Wildman–Crippen MR) is 133 cm³/mol. The van der Waals surface area contributed by atoms with Crippen molar-refractivity contribution in [3.8, 4) is 0 Å². The summed E-state index contributed by atoms with van der Waals surface area (Å²) in [5.41, 5.74) is 3.64. The minimum Gasteiger partial charge on any atom is -0.357 e. The molecule has 1 saturated heterocycles. The van der Waals surface area contributed by atoms with Gasteiger partial charge in [-0.15, -0.1) is 0 Å². The molecule has 33 heavy (non-hydrogen) atoms. The molecule has 7 heteroatoms. The van der Waals surface area contributed by atoms with E-state index in [1.165, 1.54) is 5.57 Å². The topological polar surface area (TPSA) is 69.2 Å². The highest BCUT2D eigenvalue weighted by molar-refractivity contribution is 5.83. The van der Waals surface area contributed by atoms with Crippen LogP contribution in [0.1, 0.15) is 26.0 Å². The van der Waals surface area contributed by atoms with Crippen molar-refractivity contribution in [1.29, 1.82) is 0 Å². The molecule has 1 aromatic carbocycles. The fourth-order valence-electron chi connectivity index (χ4n) is 4.60. The first-order valence-corrected chi connectivity index (χ1v) is 11.7. The Kier molecular flexibility index (Phi) is 5.96. The highest BCUT2D eigenvalue weighted by Crippen LogP contribution is 2.25. The summed E-state index contributed by atoms with van der Waals surface area (Å²) in [7, 11) is 0. The lowest BCUT2D eigenvalue weighted by Crippen LogP contribution is -2.30. The number of hydrogen-bond acceptors (Lipinski definition) is 4. The quantitative estimate of drug-likeness (QED) is 0.482. The summed E-state index contributed by atoms with van der Waals surface area (Å²) in [6, 6.07) is 12.4. The van der Waals surface area contributed by atoms with Crippen molar-refractivity contribution >= 4 is 27.6 Å². The van der Waals surface area contributed by atoms with Gasteiger partial charge in [-0.05, 0) is 38.3 Å². The summed E-state index contributed by atoms with van der Waals surface area (Å²) in [4.78, 5) is 24.2. The third-order valence-corrected chi connectivity index (χ3v) is 6.34. The third-order valence-electron chi connectivity index (χ3n) is 6.34. The maximum absolute atomic E-state index is 13.7. The molecule has 1 aliphatic rings. The fourth-order valence-corrected chi connectivity index (χ4v) is 4.60. The zero-order valence-electron chi connectivity index (χ0n) is 19.3. The van der Waals surface area contributed by atoms with Crippen LogP contribution in [0.3, 0.4) is 0 Å². The minimum absolute atomic E-state index is 0.0114. The number of anilines is 1. The molecule has 3 aromatic heterocycles. The number of hydrogen-bond donors (Lipinski definition) is 1. The van der Waals surface area contributed by atoms with Crippen LogP contribution >= 0.6 is 0 Å². The van der Waals surface area contributed by atoms with E-state index in [4.69, 9.17) is 4.98 Å². The van der Waals surface area contributed by atoms with Crippen LogP contribution in [0.5, 0.6) is 0 Å². The van der Waals surface area contributed by atoms with Gasteiger partial charge < -0.3 is 14.8 Å². The Labute approximate surface area is 193 Å². The van der Waals surface area contributed by atoms with Gasteiger partial charge >= 0.3 is 0 Å². The van der Waals surface area contributed by atoms with Gasteiger partial charge in [-0.2, -0.15) is 0 Å². The second kappa shape index (κ2) is 9.19. The van der Waals surface area contributed by atoms with Crippen LogP contribution < -0.4 is 20.8 Å². The first-order valence-electron chi connectivity index (χ1n) is 11.7. The van der Waals surface area contributed by atoms with E-state index in [1.54, 1.807) is 10.9 Å². The number of H-pyrrole nitrogens is 1. The molecule has 5 rings (SSSR count). The van der Waals surface area contributed by atoms with Crippen molar-refractivity contribution in [2.24, 2.45) is 0 Å². The number of benzene rings is 1. The fraction of sp³-hybridized carbons (Fsp3) is 0.346. The summed E-state index contributed by atoms with van der Waals surface area (Å²) in [6.45, 7) is 9.15. The molecule has 0 amide bonds. The molecule has 0 aliphatic carbocycles. The number of allylic oxidation sites excluding steroid dienone is 2. The van der Waals surface area contributed by atoms with Crippen LogP contribution in [-0.2, 0) is 13.1 Å². The van der Waals surface area contributed by atoms with Crippen molar-refractivity contribution in [2.45, 2.75) is 33.4 Å². The van der Waals surface area contributed by atoms with Crippen LogP contribution in [0.25, 0.3) is 21.8 Å². The van der Waals surface area contributed by atoms with E-state index in [0.29, 0.717) is 18.6 Å². The van der Waals surface area contributed by atoms with E-state index in [0.717, 1.165) is 60.4 Å². The number of fused-ring (bicyclic) bond motifs is 2. The van der Waals surface area contributed by atoms with Gasteiger partial charge in [0.15, 0.2) is 6.20 Å². The molecule has 4 aromatic rings. The van der Waals surface area contributed by atoms with Crippen molar-refractivity contribution in [3.05, 3.63) is 76.6 Å². The molecule has 4 heterocycles. The lowest BCUT2D eigenvalue weighted by atomic mass is 10.1. The van der Waals surface area contributed by atoms with Gasteiger partial charge in [-0.1, -0.05) is 29.8 Å². The monoisotopic (exact) mass is 443 g/mol. The van der Waals surface area contributed by atoms with Crippen LogP contribution in [0.4, 0.5) is 5.82 Å². The molecule has 1 aliphatic heterocycles. The van der Waals surface area contributed by atoms with Crippen LogP contribution in [0.15, 0.2) is 65.4 Å². The van der Waals surface area contributed by atoms with E-state index in [9.17, 15) is 4.79 Å². The van der Waals surface area contributed by atoms with Gasteiger partial charge in [0.25, 0.3) is 5.56 Å². The molecule has 0 unspecified atom stereocenters. The van der Waals surface area contributed by atoms with Gasteiger partial charge in [-0.3, -0.25) is 9.36 Å². The second-order valence-corrected chi connectivity index (χ2v) is 8.94. The largest absolute Gasteiger partial charge is 0.357 e. The Morgan fingerprint density at radius 2 is 2.06 bits per heavy atom.